The zero-order valence-electron chi connectivity index (χ0n) is 10.0. The van der Waals surface area contributed by atoms with Gasteiger partial charge in [-0.25, -0.2) is 9.67 Å². The van der Waals surface area contributed by atoms with E-state index in [-0.39, 0.29) is 12.1 Å². The van der Waals surface area contributed by atoms with Crippen molar-refractivity contribution in [2.45, 2.75) is 25.5 Å². The van der Waals surface area contributed by atoms with Gasteiger partial charge in [-0.15, -0.1) is 10.4 Å². The zero-order chi connectivity index (χ0) is 13.2. The lowest BCUT2D eigenvalue weighted by molar-refractivity contribution is -0.0374. The highest BCUT2D eigenvalue weighted by atomic mass is 79.9. The second kappa shape index (κ2) is 5.15. The number of pyridine rings is 1. The Labute approximate surface area is 118 Å². The summed E-state index contributed by atoms with van der Waals surface area (Å²) in [4.78, 5) is 4.34. The highest BCUT2D eigenvalue weighted by Gasteiger charge is 2.22. The quantitative estimate of drug-likeness (QED) is 0.795. The third-order valence-corrected chi connectivity index (χ3v) is 3.48. The number of nitrogens with zero attached hydrogens (tertiary/aromatic N) is 4. The number of rotatable bonds is 2. The topological polar surface area (TPSA) is 73.0 Å². The molecule has 3 heterocycles. The third kappa shape index (κ3) is 2.29. The first kappa shape index (κ1) is 12.4. The van der Waals surface area contributed by atoms with E-state index in [1.165, 1.54) is 0 Å². The fraction of sp³-hybridized carbons (Fsp3) is 0.417. The standard InChI is InChI=1S/C12H11BrN4O2/c13-8-5-9-11(15-6-8)17(16-12(9)19-7-14)10-3-1-2-4-18-10/h5-6,10H,1-4H2. The van der Waals surface area contributed by atoms with Gasteiger partial charge in [-0.1, -0.05) is 0 Å². The minimum absolute atomic E-state index is 0.138. The maximum absolute atomic E-state index is 8.68. The van der Waals surface area contributed by atoms with Crippen molar-refractivity contribution in [1.29, 1.82) is 5.26 Å². The minimum Gasteiger partial charge on any atom is -0.365 e. The fourth-order valence-electron chi connectivity index (χ4n) is 2.21. The first-order chi connectivity index (χ1) is 9.29. The van der Waals surface area contributed by atoms with Crippen LogP contribution in [-0.4, -0.2) is 21.4 Å². The molecule has 0 N–H and O–H groups in total. The second-order valence-corrected chi connectivity index (χ2v) is 5.20. The molecule has 1 atom stereocenters. The molecular weight excluding hydrogens is 312 g/mol. The van der Waals surface area contributed by atoms with Crippen LogP contribution in [0.3, 0.4) is 0 Å². The van der Waals surface area contributed by atoms with E-state index >= 15 is 0 Å². The van der Waals surface area contributed by atoms with Crippen molar-refractivity contribution in [3.05, 3.63) is 16.7 Å². The minimum atomic E-state index is -0.138. The van der Waals surface area contributed by atoms with Crippen LogP contribution in [0.25, 0.3) is 11.0 Å². The lowest BCUT2D eigenvalue weighted by Crippen LogP contribution is -2.19. The van der Waals surface area contributed by atoms with E-state index in [2.05, 4.69) is 26.0 Å². The molecule has 2 aromatic heterocycles. The molecule has 1 fully saturated rings. The molecule has 0 radical (unpaired) electrons. The molecule has 1 unspecified atom stereocenters. The van der Waals surface area contributed by atoms with Gasteiger partial charge in [0.15, 0.2) is 11.9 Å². The molecule has 0 amide bonds. The van der Waals surface area contributed by atoms with Crippen LogP contribution in [0.1, 0.15) is 25.5 Å². The van der Waals surface area contributed by atoms with Gasteiger partial charge in [0.05, 0.1) is 5.39 Å². The third-order valence-electron chi connectivity index (χ3n) is 3.05. The summed E-state index contributed by atoms with van der Waals surface area (Å²) in [6.45, 7) is 0.719. The van der Waals surface area contributed by atoms with Crippen LogP contribution in [0.5, 0.6) is 5.88 Å². The van der Waals surface area contributed by atoms with E-state index in [0.29, 0.717) is 11.0 Å². The fourth-order valence-corrected chi connectivity index (χ4v) is 2.54. The smallest absolute Gasteiger partial charge is 0.293 e. The van der Waals surface area contributed by atoms with E-state index in [9.17, 15) is 0 Å². The molecule has 1 saturated heterocycles. The molecule has 98 valence electrons. The van der Waals surface area contributed by atoms with Crippen molar-refractivity contribution in [1.82, 2.24) is 14.8 Å². The van der Waals surface area contributed by atoms with E-state index in [1.807, 2.05) is 6.07 Å². The predicted octanol–water partition coefficient (Wildman–Crippen LogP) is 2.75. The number of aromatic nitrogens is 3. The van der Waals surface area contributed by atoms with Gasteiger partial charge in [-0.05, 0) is 41.3 Å². The predicted molar refractivity (Wildman–Crippen MR) is 70.3 cm³/mol. The van der Waals surface area contributed by atoms with Crippen LogP contribution in [0.2, 0.25) is 0 Å². The molecular formula is C12H11BrN4O2. The Morgan fingerprint density at radius 2 is 2.42 bits per heavy atom. The summed E-state index contributed by atoms with van der Waals surface area (Å²) in [5.74, 6) is 0.264. The Bertz CT molecular complexity index is 643. The van der Waals surface area contributed by atoms with Gasteiger partial charge >= 0.3 is 0 Å². The summed E-state index contributed by atoms with van der Waals surface area (Å²) in [5.41, 5.74) is 0.667. The van der Waals surface area contributed by atoms with Gasteiger partial charge in [0.1, 0.15) is 0 Å². The SMILES string of the molecule is N#COc1nn(C2CCCCO2)c2ncc(Br)cc12. The number of fused-ring (bicyclic) bond motifs is 1. The number of nitriles is 1. The lowest BCUT2D eigenvalue weighted by Gasteiger charge is -2.22. The number of hydrogen-bond acceptors (Lipinski definition) is 5. The average molecular weight is 323 g/mol. The van der Waals surface area contributed by atoms with Crippen molar-refractivity contribution < 1.29 is 9.47 Å². The van der Waals surface area contributed by atoms with Crippen molar-refractivity contribution in [2.75, 3.05) is 6.61 Å². The van der Waals surface area contributed by atoms with Gasteiger partial charge < -0.3 is 9.47 Å². The van der Waals surface area contributed by atoms with E-state index in [0.717, 1.165) is 30.3 Å². The molecule has 1 aliphatic rings. The molecule has 6 nitrogen and oxygen atoms in total. The Hall–Kier alpha value is -1.65. The molecule has 2 aromatic rings. The van der Waals surface area contributed by atoms with Crippen LogP contribution in [0.4, 0.5) is 0 Å². The van der Waals surface area contributed by atoms with Crippen LogP contribution >= 0.6 is 15.9 Å². The summed E-state index contributed by atoms with van der Waals surface area (Å²) >= 11 is 3.35. The average Bonchev–Trinajstić information content (AvgIpc) is 2.79. The molecule has 7 heteroatoms. The Kier molecular flexibility index (Phi) is 3.36. The number of hydrogen-bond donors (Lipinski definition) is 0. The van der Waals surface area contributed by atoms with Gasteiger partial charge in [-0.3, -0.25) is 0 Å². The second-order valence-electron chi connectivity index (χ2n) is 4.29. The Morgan fingerprint density at radius 1 is 1.53 bits per heavy atom. The Balaban J connectivity index is 2.11. The van der Waals surface area contributed by atoms with Crippen molar-refractivity contribution in [3.63, 3.8) is 0 Å². The molecule has 0 saturated carbocycles. The van der Waals surface area contributed by atoms with Crippen molar-refractivity contribution in [2.24, 2.45) is 0 Å². The highest BCUT2D eigenvalue weighted by molar-refractivity contribution is 9.10. The van der Waals surface area contributed by atoms with Crippen LogP contribution in [0, 0.1) is 11.5 Å². The normalized spacial score (nSPS) is 19.3. The first-order valence-electron chi connectivity index (χ1n) is 6.01. The number of halogens is 1. The van der Waals surface area contributed by atoms with E-state index in [4.69, 9.17) is 14.7 Å². The van der Waals surface area contributed by atoms with Crippen molar-refractivity contribution in [3.8, 4) is 12.1 Å². The van der Waals surface area contributed by atoms with Crippen LogP contribution in [-0.2, 0) is 4.74 Å². The van der Waals surface area contributed by atoms with Gasteiger partial charge in [-0.2, -0.15) is 0 Å². The summed E-state index contributed by atoms with van der Waals surface area (Å²) in [6, 6.07) is 1.83. The molecule has 0 spiro atoms. The van der Waals surface area contributed by atoms with E-state index < -0.39 is 0 Å². The monoisotopic (exact) mass is 322 g/mol. The summed E-state index contributed by atoms with van der Waals surface area (Å²) in [6.07, 6.45) is 6.26. The molecule has 0 aromatic carbocycles. The molecule has 0 bridgehead atoms. The Morgan fingerprint density at radius 3 is 3.16 bits per heavy atom. The largest absolute Gasteiger partial charge is 0.365 e. The lowest BCUT2D eigenvalue weighted by atomic mass is 10.2. The summed E-state index contributed by atoms with van der Waals surface area (Å²) in [7, 11) is 0. The van der Waals surface area contributed by atoms with Gasteiger partial charge in [0.2, 0.25) is 0 Å². The maximum Gasteiger partial charge on any atom is 0.293 e. The molecule has 1 aliphatic heterocycles. The molecule has 3 rings (SSSR count). The molecule has 19 heavy (non-hydrogen) atoms. The van der Waals surface area contributed by atoms with Gasteiger partial charge in [0, 0.05) is 17.3 Å². The first-order valence-corrected chi connectivity index (χ1v) is 6.80. The van der Waals surface area contributed by atoms with Crippen LogP contribution < -0.4 is 4.74 Å². The summed E-state index contributed by atoms with van der Waals surface area (Å²) < 4.78 is 13.1. The molecule has 0 aliphatic carbocycles. The van der Waals surface area contributed by atoms with Crippen LogP contribution in [0.15, 0.2) is 16.7 Å². The van der Waals surface area contributed by atoms with Crippen molar-refractivity contribution >= 4 is 27.0 Å². The summed E-state index contributed by atoms with van der Waals surface area (Å²) in [5, 5.41) is 13.7. The highest BCUT2D eigenvalue weighted by Crippen LogP contribution is 2.31. The zero-order valence-corrected chi connectivity index (χ0v) is 11.6. The maximum atomic E-state index is 8.68. The van der Waals surface area contributed by atoms with E-state index in [1.54, 1.807) is 17.1 Å². The van der Waals surface area contributed by atoms with Gasteiger partial charge in [0.25, 0.3) is 12.1 Å². The number of ether oxygens (including phenoxy) is 2.